The van der Waals surface area contributed by atoms with Gasteiger partial charge in [0, 0.05) is 19.2 Å². The third-order valence-electron chi connectivity index (χ3n) is 4.73. The average molecular weight is 403 g/mol. The van der Waals surface area contributed by atoms with Crippen molar-refractivity contribution in [3.05, 3.63) is 95.3 Å². The van der Waals surface area contributed by atoms with Crippen LogP contribution >= 0.6 is 0 Å². The molecular formula is C25H25NO4. The van der Waals surface area contributed by atoms with Crippen molar-refractivity contribution in [2.45, 2.75) is 32.9 Å². The van der Waals surface area contributed by atoms with E-state index in [1.54, 1.807) is 12.1 Å². The summed E-state index contributed by atoms with van der Waals surface area (Å²) in [6.45, 7) is 4.07. The van der Waals surface area contributed by atoms with E-state index in [4.69, 9.17) is 9.84 Å². The van der Waals surface area contributed by atoms with E-state index in [9.17, 15) is 9.59 Å². The predicted molar refractivity (Wildman–Crippen MR) is 117 cm³/mol. The van der Waals surface area contributed by atoms with Crippen LogP contribution in [0.15, 0.2) is 72.9 Å². The number of carboxylic acid groups (broad SMARTS) is 1. The summed E-state index contributed by atoms with van der Waals surface area (Å²) in [4.78, 5) is 23.6. The number of benzene rings is 2. The molecule has 0 radical (unpaired) electrons. The SMILES string of the molecule is Cc1ccc(CC(=O)c2cccn2CC=Cc2cccc(O[C@@H](C)C(=O)O)c2)cc1. The number of aliphatic carboxylic acids is 1. The number of hydrogen-bond donors (Lipinski definition) is 1. The quantitative estimate of drug-likeness (QED) is 0.522. The molecule has 0 fully saturated rings. The van der Waals surface area contributed by atoms with Crippen LogP contribution in [0.2, 0.25) is 0 Å². The molecule has 1 heterocycles. The zero-order valence-electron chi connectivity index (χ0n) is 17.1. The fraction of sp³-hybridized carbons (Fsp3) is 0.200. The van der Waals surface area contributed by atoms with Crippen molar-refractivity contribution in [1.29, 1.82) is 0 Å². The van der Waals surface area contributed by atoms with Gasteiger partial charge in [0.15, 0.2) is 11.9 Å². The molecule has 0 spiro atoms. The Bertz CT molecular complexity index is 1050. The lowest BCUT2D eigenvalue weighted by Gasteiger charge is -2.10. The van der Waals surface area contributed by atoms with Crippen molar-refractivity contribution in [1.82, 2.24) is 4.57 Å². The van der Waals surface area contributed by atoms with Crippen LogP contribution in [-0.4, -0.2) is 27.5 Å². The first-order valence-corrected chi connectivity index (χ1v) is 9.82. The second-order valence-electron chi connectivity index (χ2n) is 7.20. The molecule has 154 valence electrons. The van der Waals surface area contributed by atoms with E-state index in [2.05, 4.69) is 0 Å². The van der Waals surface area contributed by atoms with Crippen LogP contribution in [0.25, 0.3) is 6.08 Å². The number of rotatable bonds is 9. The number of nitrogens with zero attached hydrogens (tertiary/aromatic N) is 1. The van der Waals surface area contributed by atoms with Gasteiger partial charge in [-0.2, -0.15) is 0 Å². The monoisotopic (exact) mass is 403 g/mol. The molecule has 0 bridgehead atoms. The fourth-order valence-electron chi connectivity index (χ4n) is 3.06. The number of ether oxygens (including phenoxy) is 1. The zero-order chi connectivity index (χ0) is 21.5. The number of hydrogen-bond acceptors (Lipinski definition) is 3. The molecule has 1 aromatic heterocycles. The minimum absolute atomic E-state index is 0.0790. The maximum atomic E-state index is 12.7. The van der Waals surface area contributed by atoms with Crippen molar-refractivity contribution >= 4 is 17.8 Å². The Morgan fingerprint density at radius 2 is 1.87 bits per heavy atom. The van der Waals surface area contributed by atoms with Crippen LogP contribution in [0.1, 0.15) is 34.1 Å². The van der Waals surface area contributed by atoms with Gasteiger partial charge in [-0.3, -0.25) is 4.79 Å². The highest BCUT2D eigenvalue weighted by Crippen LogP contribution is 2.17. The lowest BCUT2D eigenvalue weighted by atomic mass is 10.1. The Kier molecular flexibility index (Phi) is 6.86. The molecule has 5 nitrogen and oxygen atoms in total. The Hall–Kier alpha value is -3.60. The molecule has 1 N–H and O–H groups in total. The maximum Gasteiger partial charge on any atom is 0.344 e. The van der Waals surface area contributed by atoms with Gasteiger partial charge in [-0.15, -0.1) is 0 Å². The number of aryl methyl sites for hydroxylation is 1. The molecule has 0 unspecified atom stereocenters. The Labute approximate surface area is 176 Å². The molecule has 0 aliphatic carbocycles. The van der Waals surface area contributed by atoms with Crippen molar-refractivity contribution < 1.29 is 19.4 Å². The summed E-state index contributed by atoms with van der Waals surface area (Å²) < 4.78 is 7.32. The predicted octanol–water partition coefficient (Wildman–Crippen LogP) is 4.79. The second-order valence-corrected chi connectivity index (χ2v) is 7.20. The number of ketones is 1. The van der Waals surface area contributed by atoms with E-state index in [0.717, 1.165) is 11.1 Å². The molecule has 3 aromatic rings. The lowest BCUT2D eigenvalue weighted by Crippen LogP contribution is -2.22. The highest BCUT2D eigenvalue weighted by Gasteiger charge is 2.12. The smallest absolute Gasteiger partial charge is 0.344 e. The minimum atomic E-state index is -1.01. The normalized spacial score (nSPS) is 12.1. The Balaban J connectivity index is 1.63. The average Bonchev–Trinajstić information content (AvgIpc) is 3.18. The van der Waals surface area contributed by atoms with Crippen molar-refractivity contribution in [3.63, 3.8) is 0 Å². The van der Waals surface area contributed by atoms with Gasteiger partial charge in [0.25, 0.3) is 0 Å². The second kappa shape index (κ2) is 9.74. The molecule has 1 atom stereocenters. The number of carbonyl (C=O) groups is 2. The number of allylic oxidation sites excluding steroid dienone is 1. The van der Waals surface area contributed by atoms with E-state index >= 15 is 0 Å². The summed E-state index contributed by atoms with van der Waals surface area (Å²) >= 11 is 0. The summed E-state index contributed by atoms with van der Waals surface area (Å²) in [7, 11) is 0. The van der Waals surface area contributed by atoms with Gasteiger partial charge in [0.1, 0.15) is 5.75 Å². The van der Waals surface area contributed by atoms with Crippen LogP contribution in [0, 0.1) is 6.92 Å². The molecule has 0 aliphatic heterocycles. The third kappa shape index (κ3) is 5.70. The maximum absolute atomic E-state index is 12.7. The van der Waals surface area contributed by atoms with Gasteiger partial charge in [0.05, 0.1) is 5.69 Å². The summed E-state index contributed by atoms with van der Waals surface area (Å²) in [5.41, 5.74) is 3.74. The summed E-state index contributed by atoms with van der Waals surface area (Å²) in [5, 5.41) is 8.97. The Morgan fingerprint density at radius 1 is 1.10 bits per heavy atom. The van der Waals surface area contributed by atoms with Crippen molar-refractivity contribution in [2.24, 2.45) is 0 Å². The minimum Gasteiger partial charge on any atom is -0.479 e. The van der Waals surface area contributed by atoms with Gasteiger partial charge in [-0.1, -0.05) is 54.1 Å². The topological polar surface area (TPSA) is 68.5 Å². The molecule has 0 saturated carbocycles. The first-order chi connectivity index (χ1) is 14.4. The number of carboxylic acids is 1. The van der Waals surface area contributed by atoms with Gasteiger partial charge < -0.3 is 14.4 Å². The van der Waals surface area contributed by atoms with Gasteiger partial charge >= 0.3 is 5.97 Å². The summed E-state index contributed by atoms with van der Waals surface area (Å²) in [6.07, 6.45) is 5.23. The van der Waals surface area contributed by atoms with Gasteiger partial charge in [0.2, 0.25) is 0 Å². The van der Waals surface area contributed by atoms with E-state index in [1.807, 2.05) is 78.4 Å². The van der Waals surface area contributed by atoms with Crippen LogP contribution in [0.5, 0.6) is 5.75 Å². The molecule has 5 heteroatoms. The fourth-order valence-corrected chi connectivity index (χ4v) is 3.06. The lowest BCUT2D eigenvalue weighted by molar-refractivity contribution is -0.144. The van der Waals surface area contributed by atoms with Crippen LogP contribution in [0.3, 0.4) is 0 Å². The summed E-state index contributed by atoms with van der Waals surface area (Å²) in [5.74, 6) is -0.427. The first-order valence-electron chi connectivity index (χ1n) is 9.82. The Morgan fingerprint density at radius 3 is 2.60 bits per heavy atom. The molecule has 3 rings (SSSR count). The highest BCUT2D eigenvalue weighted by molar-refractivity contribution is 5.96. The van der Waals surface area contributed by atoms with Crippen molar-refractivity contribution in [2.75, 3.05) is 0 Å². The van der Waals surface area contributed by atoms with Crippen molar-refractivity contribution in [3.8, 4) is 5.75 Å². The third-order valence-corrected chi connectivity index (χ3v) is 4.73. The van der Waals surface area contributed by atoms with E-state index < -0.39 is 12.1 Å². The standard InChI is InChI=1S/C25H25NO4/c1-18-10-12-21(13-11-18)17-24(27)23-9-5-15-26(23)14-4-7-20-6-3-8-22(16-20)30-19(2)25(28)29/h3-13,15-16,19H,14,17H2,1-2H3,(H,28,29)/t19-/m0/s1. The number of carbonyl (C=O) groups excluding carboxylic acids is 1. The molecule has 0 saturated heterocycles. The summed E-state index contributed by atoms with van der Waals surface area (Å²) in [6, 6.07) is 19.0. The van der Waals surface area contributed by atoms with Gasteiger partial charge in [-0.05, 0) is 49.2 Å². The van der Waals surface area contributed by atoms with E-state index in [0.29, 0.717) is 24.4 Å². The van der Waals surface area contributed by atoms with Gasteiger partial charge in [-0.25, -0.2) is 4.79 Å². The van der Waals surface area contributed by atoms with E-state index in [1.165, 1.54) is 12.5 Å². The number of Topliss-reactive ketones (excluding diaryl/α,β-unsaturated/α-hetero) is 1. The largest absolute Gasteiger partial charge is 0.479 e. The number of aromatic nitrogens is 1. The highest BCUT2D eigenvalue weighted by atomic mass is 16.5. The molecular weight excluding hydrogens is 378 g/mol. The molecule has 0 aliphatic rings. The van der Waals surface area contributed by atoms with Crippen LogP contribution in [0.4, 0.5) is 0 Å². The zero-order valence-corrected chi connectivity index (χ0v) is 17.1. The molecule has 2 aromatic carbocycles. The molecule has 0 amide bonds. The van der Waals surface area contributed by atoms with Crippen LogP contribution < -0.4 is 4.74 Å². The first kappa shape index (κ1) is 21.1. The molecule has 30 heavy (non-hydrogen) atoms. The van der Waals surface area contributed by atoms with Crippen LogP contribution in [-0.2, 0) is 17.8 Å². The van der Waals surface area contributed by atoms with E-state index in [-0.39, 0.29) is 5.78 Å².